The minimum absolute atomic E-state index is 0.00504. The molecule has 1 aromatic heterocycles. The molecule has 0 aliphatic heterocycles. The van der Waals surface area contributed by atoms with E-state index in [9.17, 15) is 24.3 Å². The summed E-state index contributed by atoms with van der Waals surface area (Å²) in [6.07, 6.45) is -0.632. The largest absolute Gasteiger partial charge is 0.479 e. The molecule has 1 heterocycles. The van der Waals surface area contributed by atoms with E-state index in [1.165, 1.54) is 6.20 Å². The number of benzene rings is 3. The minimum Gasteiger partial charge on any atom is -0.479 e. The van der Waals surface area contributed by atoms with E-state index in [-0.39, 0.29) is 18.5 Å². The lowest BCUT2D eigenvalue weighted by molar-refractivity contribution is -0.138. The number of hydrogen-bond acceptors (Lipinski definition) is 10. The van der Waals surface area contributed by atoms with Gasteiger partial charge in [-0.2, -0.15) is 4.90 Å². The molecule has 3 aromatic carbocycles. The number of carboxylic acids is 1. The molecule has 5 N–H and O–H groups in total. The molecule has 52 heavy (non-hydrogen) atoms. The van der Waals surface area contributed by atoms with Crippen molar-refractivity contribution >= 4 is 52.2 Å². The number of fused-ring (bicyclic) bond motifs is 1. The summed E-state index contributed by atoms with van der Waals surface area (Å²) < 4.78 is 16.4. The van der Waals surface area contributed by atoms with Gasteiger partial charge in [0, 0.05) is 35.4 Å². The SMILES string of the molecule is Cc1cc(C(Nc2ccc3c(N(C(=O)OC(C)(C)C)C(=O)OC(C)(C)C)nccc3c2)C(=O)O)ccc1CCOC(=O)Nc1cccc(C(C)N)c1. The Labute approximate surface area is 303 Å². The van der Waals surface area contributed by atoms with Crippen LogP contribution in [0.5, 0.6) is 0 Å². The molecule has 2 unspecified atom stereocenters. The number of aliphatic carboxylic acids is 1. The Kier molecular flexibility index (Phi) is 12.1. The van der Waals surface area contributed by atoms with E-state index in [2.05, 4.69) is 15.6 Å². The van der Waals surface area contributed by atoms with Gasteiger partial charge in [0.1, 0.15) is 11.2 Å². The van der Waals surface area contributed by atoms with Gasteiger partial charge >= 0.3 is 24.2 Å². The number of rotatable bonds is 10. The summed E-state index contributed by atoms with van der Waals surface area (Å²) in [6, 6.07) is 17.9. The second-order valence-corrected chi connectivity index (χ2v) is 14.4. The van der Waals surface area contributed by atoms with Crippen molar-refractivity contribution in [2.45, 2.75) is 85.1 Å². The molecule has 3 amide bonds. The molecule has 13 heteroatoms. The number of pyridine rings is 1. The van der Waals surface area contributed by atoms with Crippen LogP contribution in [0.4, 0.5) is 31.6 Å². The Morgan fingerprint density at radius 2 is 1.54 bits per heavy atom. The third kappa shape index (κ3) is 10.7. The number of anilines is 3. The third-order valence-corrected chi connectivity index (χ3v) is 7.63. The number of nitrogens with zero attached hydrogens (tertiary/aromatic N) is 2. The zero-order chi connectivity index (χ0) is 38.4. The van der Waals surface area contributed by atoms with E-state index < -0.39 is 41.5 Å². The lowest BCUT2D eigenvalue weighted by Gasteiger charge is -2.28. The van der Waals surface area contributed by atoms with Crippen molar-refractivity contribution in [1.82, 2.24) is 4.98 Å². The van der Waals surface area contributed by atoms with Crippen LogP contribution in [-0.2, 0) is 25.4 Å². The number of imide groups is 1. The maximum atomic E-state index is 13.3. The van der Waals surface area contributed by atoms with Crippen molar-refractivity contribution in [2.24, 2.45) is 5.73 Å². The number of aromatic nitrogens is 1. The lowest BCUT2D eigenvalue weighted by atomic mass is 9.98. The monoisotopic (exact) mass is 713 g/mol. The van der Waals surface area contributed by atoms with E-state index in [4.69, 9.17) is 19.9 Å². The summed E-state index contributed by atoms with van der Waals surface area (Å²) in [5, 5.41) is 17.0. The molecule has 2 atom stereocenters. The summed E-state index contributed by atoms with van der Waals surface area (Å²) >= 11 is 0. The Balaban J connectivity index is 1.49. The van der Waals surface area contributed by atoms with Gasteiger partial charge in [-0.25, -0.2) is 24.2 Å². The predicted octanol–water partition coefficient (Wildman–Crippen LogP) is 8.27. The second-order valence-electron chi connectivity index (χ2n) is 14.4. The number of carbonyl (C=O) groups excluding carboxylic acids is 3. The first-order valence-electron chi connectivity index (χ1n) is 16.8. The Hall–Kier alpha value is -5.69. The van der Waals surface area contributed by atoms with Gasteiger partial charge in [-0.15, -0.1) is 0 Å². The van der Waals surface area contributed by atoms with Crippen molar-refractivity contribution in [2.75, 3.05) is 22.1 Å². The van der Waals surface area contributed by atoms with Crippen LogP contribution >= 0.6 is 0 Å². The second kappa shape index (κ2) is 16.1. The van der Waals surface area contributed by atoms with Crippen LogP contribution in [-0.4, -0.2) is 52.1 Å². The fraction of sp³-hybridized carbons (Fsp3) is 0.359. The maximum Gasteiger partial charge on any atom is 0.425 e. The molecule has 0 saturated carbocycles. The van der Waals surface area contributed by atoms with E-state index in [0.29, 0.717) is 34.1 Å². The number of carboxylic acid groups (broad SMARTS) is 1. The molecule has 0 bridgehead atoms. The fourth-order valence-corrected chi connectivity index (χ4v) is 5.23. The van der Waals surface area contributed by atoms with Crippen LogP contribution in [0.25, 0.3) is 10.8 Å². The molecular formula is C39H47N5O8. The zero-order valence-corrected chi connectivity index (χ0v) is 30.8. The quantitative estimate of drug-likeness (QED) is 0.116. The number of hydrogen-bond donors (Lipinski definition) is 4. The number of carbonyl (C=O) groups is 4. The van der Waals surface area contributed by atoms with Gasteiger partial charge in [-0.05, 0) is 119 Å². The standard InChI is InChI=1S/C39H47N5O8/c1-23-20-28(13-12-25(23)17-19-50-35(47)43-29-11-9-10-26(21-29)24(2)40)32(34(45)46)42-30-14-15-31-27(22-30)16-18-41-33(31)44(36(48)51-38(3,4)5)37(49)52-39(6,7)8/h9-16,18,20-22,24,32,42H,17,19,40H2,1-8H3,(H,43,47)(H,45,46). The average molecular weight is 714 g/mol. The Morgan fingerprint density at radius 3 is 2.13 bits per heavy atom. The van der Waals surface area contributed by atoms with Crippen LogP contribution in [0.2, 0.25) is 0 Å². The predicted molar refractivity (Wildman–Crippen MR) is 200 cm³/mol. The van der Waals surface area contributed by atoms with Crippen molar-refractivity contribution < 1.29 is 38.5 Å². The lowest BCUT2D eigenvalue weighted by Crippen LogP contribution is -2.44. The Bertz CT molecular complexity index is 1920. The molecule has 0 fully saturated rings. The smallest absolute Gasteiger partial charge is 0.425 e. The third-order valence-electron chi connectivity index (χ3n) is 7.63. The number of ether oxygens (including phenoxy) is 3. The first-order chi connectivity index (χ1) is 24.3. The van der Waals surface area contributed by atoms with Crippen molar-refractivity contribution in [3.63, 3.8) is 0 Å². The summed E-state index contributed by atoms with van der Waals surface area (Å²) in [5.41, 5.74) is 8.31. The molecule has 0 saturated heterocycles. The van der Waals surface area contributed by atoms with E-state index in [0.717, 1.165) is 21.6 Å². The highest BCUT2D eigenvalue weighted by atomic mass is 16.6. The summed E-state index contributed by atoms with van der Waals surface area (Å²) in [6.45, 7) is 13.9. The van der Waals surface area contributed by atoms with Gasteiger partial charge in [0.25, 0.3) is 0 Å². The first-order valence-corrected chi connectivity index (χ1v) is 16.8. The van der Waals surface area contributed by atoms with Gasteiger partial charge in [0.2, 0.25) is 0 Å². The number of amides is 3. The van der Waals surface area contributed by atoms with Gasteiger partial charge in [-0.1, -0.05) is 30.3 Å². The summed E-state index contributed by atoms with van der Waals surface area (Å²) in [4.78, 5) is 56.5. The van der Waals surface area contributed by atoms with Gasteiger partial charge in [0.05, 0.1) is 6.61 Å². The summed E-state index contributed by atoms with van der Waals surface area (Å²) in [5.74, 6) is -1.10. The highest BCUT2D eigenvalue weighted by Gasteiger charge is 2.34. The van der Waals surface area contributed by atoms with Crippen LogP contribution in [0.1, 0.15) is 82.8 Å². The molecule has 4 rings (SSSR count). The van der Waals surface area contributed by atoms with Crippen LogP contribution in [0, 0.1) is 6.92 Å². The van der Waals surface area contributed by atoms with E-state index >= 15 is 0 Å². The molecule has 0 aliphatic carbocycles. The summed E-state index contributed by atoms with van der Waals surface area (Å²) in [7, 11) is 0. The van der Waals surface area contributed by atoms with Gasteiger partial charge in [0.15, 0.2) is 11.9 Å². The van der Waals surface area contributed by atoms with E-state index in [1.54, 1.807) is 90.1 Å². The molecular weight excluding hydrogens is 666 g/mol. The number of nitrogens with two attached hydrogens (primary N) is 1. The zero-order valence-electron chi connectivity index (χ0n) is 30.8. The molecule has 13 nitrogen and oxygen atoms in total. The number of aryl methyl sites for hydroxylation is 1. The average Bonchev–Trinajstić information content (AvgIpc) is 3.02. The van der Waals surface area contributed by atoms with Crippen LogP contribution < -0.4 is 21.3 Å². The van der Waals surface area contributed by atoms with E-state index in [1.807, 2.05) is 32.0 Å². The van der Waals surface area contributed by atoms with Crippen LogP contribution in [0.3, 0.4) is 0 Å². The van der Waals surface area contributed by atoms with Gasteiger partial charge < -0.3 is 30.4 Å². The highest BCUT2D eigenvalue weighted by molar-refractivity contribution is 6.14. The topological polar surface area (TPSA) is 182 Å². The molecule has 0 radical (unpaired) electrons. The number of nitrogens with one attached hydrogen (secondary N) is 2. The minimum atomic E-state index is -1.11. The van der Waals surface area contributed by atoms with Crippen molar-refractivity contribution in [3.8, 4) is 0 Å². The molecule has 0 aliphatic rings. The van der Waals surface area contributed by atoms with Crippen molar-refractivity contribution in [1.29, 1.82) is 0 Å². The maximum absolute atomic E-state index is 13.3. The first kappa shape index (κ1) is 39.1. The Morgan fingerprint density at radius 1 is 0.865 bits per heavy atom. The molecule has 0 spiro atoms. The van der Waals surface area contributed by atoms with Crippen LogP contribution in [0.15, 0.2) is 72.9 Å². The van der Waals surface area contributed by atoms with Crippen molar-refractivity contribution in [3.05, 3.63) is 95.2 Å². The fourth-order valence-electron chi connectivity index (χ4n) is 5.23. The molecule has 276 valence electrons. The molecule has 4 aromatic rings. The van der Waals surface area contributed by atoms with Gasteiger partial charge in [-0.3, -0.25) is 5.32 Å². The normalized spacial score (nSPS) is 12.7. The highest BCUT2D eigenvalue weighted by Crippen LogP contribution is 2.31.